The van der Waals surface area contributed by atoms with Gasteiger partial charge in [0.05, 0.1) is 5.56 Å². The topological polar surface area (TPSA) is 20.2 Å². The average molecular weight is 242 g/mol. The van der Waals surface area contributed by atoms with Gasteiger partial charge in [0.25, 0.3) is 0 Å². The number of aliphatic hydroxyl groups is 1. The molecule has 0 radical (unpaired) electrons. The van der Waals surface area contributed by atoms with E-state index >= 15 is 0 Å². The van der Waals surface area contributed by atoms with Crippen LogP contribution in [0, 0.1) is 6.92 Å². The van der Waals surface area contributed by atoms with Gasteiger partial charge in [0.2, 0.25) is 0 Å². The second-order valence-electron chi connectivity index (χ2n) is 4.45. The van der Waals surface area contributed by atoms with E-state index in [1.165, 1.54) is 0 Å². The van der Waals surface area contributed by atoms with Crippen LogP contribution in [0.2, 0.25) is 0 Å². The third-order valence-corrected chi connectivity index (χ3v) is 2.99. The summed E-state index contributed by atoms with van der Waals surface area (Å²) in [6, 6.07) is 3.72. The molecule has 1 unspecified atom stereocenters. The molecule has 1 aliphatic rings. The quantitative estimate of drug-likeness (QED) is 0.747. The van der Waals surface area contributed by atoms with Crippen LogP contribution in [0.5, 0.6) is 0 Å². The van der Waals surface area contributed by atoms with Crippen molar-refractivity contribution in [3.63, 3.8) is 0 Å². The molecule has 1 aromatic carbocycles. The van der Waals surface area contributed by atoms with Gasteiger partial charge < -0.3 is 5.11 Å². The molecular weight excluding hydrogens is 229 g/mol. The van der Waals surface area contributed by atoms with E-state index < -0.39 is 17.3 Å². The van der Waals surface area contributed by atoms with Crippen LogP contribution in [0.1, 0.15) is 29.5 Å². The van der Waals surface area contributed by atoms with E-state index in [4.69, 9.17) is 0 Å². The van der Waals surface area contributed by atoms with Gasteiger partial charge >= 0.3 is 6.18 Å². The Kier molecular flexibility index (Phi) is 2.78. The molecule has 0 bridgehead atoms. The first-order chi connectivity index (χ1) is 7.81. The molecule has 0 heterocycles. The fourth-order valence-corrected chi connectivity index (χ4v) is 2.10. The maximum absolute atomic E-state index is 12.7. The molecule has 1 nitrogen and oxygen atoms in total. The smallest absolute Gasteiger partial charge is 0.381 e. The van der Waals surface area contributed by atoms with Crippen LogP contribution in [-0.2, 0) is 11.8 Å². The number of aryl methyl sites for hydroxylation is 1. The molecule has 0 aliphatic heterocycles. The summed E-state index contributed by atoms with van der Waals surface area (Å²) in [6.07, 6.45) is 0.108. The lowest BCUT2D eigenvalue weighted by atomic mass is 9.90. The molecule has 0 saturated heterocycles. The van der Waals surface area contributed by atoms with Crippen LogP contribution in [0.25, 0.3) is 0 Å². The molecule has 1 atom stereocenters. The van der Waals surface area contributed by atoms with Gasteiger partial charge in [0.15, 0.2) is 0 Å². The zero-order valence-corrected chi connectivity index (χ0v) is 9.38. The molecule has 4 heteroatoms. The summed E-state index contributed by atoms with van der Waals surface area (Å²) in [4.78, 5) is 0. The molecule has 0 fully saturated rings. The molecule has 1 aliphatic carbocycles. The highest BCUT2D eigenvalue weighted by Gasteiger charge is 2.34. The zero-order chi connectivity index (χ0) is 12.7. The van der Waals surface area contributed by atoms with Gasteiger partial charge in [-0.1, -0.05) is 23.8 Å². The summed E-state index contributed by atoms with van der Waals surface area (Å²) < 4.78 is 38.0. The van der Waals surface area contributed by atoms with E-state index in [-0.39, 0.29) is 0 Å². The Balaban J connectivity index is 2.49. The van der Waals surface area contributed by atoms with Crippen molar-refractivity contribution in [3.05, 3.63) is 47.0 Å². The van der Waals surface area contributed by atoms with Gasteiger partial charge in [-0.2, -0.15) is 13.2 Å². The van der Waals surface area contributed by atoms with E-state index in [1.807, 2.05) is 0 Å². The molecule has 17 heavy (non-hydrogen) atoms. The van der Waals surface area contributed by atoms with Crippen molar-refractivity contribution in [2.24, 2.45) is 0 Å². The van der Waals surface area contributed by atoms with Crippen molar-refractivity contribution in [1.29, 1.82) is 0 Å². The van der Waals surface area contributed by atoms with Crippen molar-refractivity contribution in [1.82, 2.24) is 0 Å². The van der Waals surface area contributed by atoms with Gasteiger partial charge in [-0.05, 0) is 37.5 Å². The lowest BCUT2D eigenvalue weighted by Gasteiger charge is -2.23. The molecule has 0 aromatic heterocycles. The van der Waals surface area contributed by atoms with Crippen molar-refractivity contribution < 1.29 is 18.3 Å². The van der Waals surface area contributed by atoms with Gasteiger partial charge in [-0.3, -0.25) is 0 Å². The number of alkyl halides is 3. The first-order valence-corrected chi connectivity index (χ1v) is 5.41. The Morgan fingerprint density at radius 2 is 1.94 bits per heavy atom. The van der Waals surface area contributed by atoms with E-state index in [0.717, 1.165) is 12.1 Å². The maximum Gasteiger partial charge on any atom is 0.416 e. The summed E-state index contributed by atoms with van der Waals surface area (Å²) in [5.41, 5.74) is -1.13. The molecule has 0 amide bonds. The van der Waals surface area contributed by atoms with Crippen LogP contribution in [0.4, 0.5) is 13.2 Å². The lowest BCUT2D eigenvalue weighted by Crippen LogP contribution is -2.21. The maximum atomic E-state index is 12.7. The summed E-state index contributed by atoms with van der Waals surface area (Å²) in [7, 11) is 0. The highest BCUT2D eigenvalue weighted by molar-refractivity contribution is 5.38. The standard InChI is InChI=1S/C13H13F3O/c1-9-6-10(12(17)4-2-3-5-12)8-11(7-9)13(14,15)16/h2,4,6-8,17H,3,5H2,1H3. The highest BCUT2D eigenvalue weighted by Crippen LogP contribution is 2.37. The Morgan fingerprint density at radius 3 is 2.47 bits per heavy atom. The number of hydrogen-bond donors (Lipinski definition) is 1. The summed E-state index contributed by atoms with van der Waals surface area (Å²) in [5, 5.41) is 10.2. The van der Waals surface area contributed by atoms with Crippen LogP contribution >= 0.6 is 0 Å². The second kappa shape index (κ2) is 3.88. The molecule has 1 N–H and O–H groups in total. The largest absolute Gasteiger partial charge is 0.416 e. The van der Waals surface area contributed by atoms with E-state index in [1.54, 1.807) is 25.1 Å². The van der Waals surface area contributed by atoms with Gasteiger partial charge in [0.1, 0.15) is 5.60 Å². The van der Waals surface area contributed by atoms with Crippen LogP contribution < -0.4 is 0 Å². The number of benzene rings is 1. The lowest BCUT2D eigenvalue weighted by molar-refractivity contribution is -0.137. The second-order valence-corrected chi connectivity index (χ2v) is 4.45. The molecule has 0 saturated carbocycles. The number of allylic oxidation sites excluding steroid dienone is 1. The Hall–Kier alpha value is -1.29. The minimum absolute atomic E-state index is 0.318. The predicted molar refractivity (Wildman–Crippen MR) is 58.5 cm³/mol. The van der Waals surface area contributed by atoms with Crippen LogP contribution in [0.15, 0.2) is 30.4 Å². The van der Waals surface area contributed by atoms with E-state index in [0.29, 0.717) is 24.0 Å². The molecule has 92 valence electrons. The highest BCUT2D eigenvalue weighted by atomic mass is 19.4. The third kappa shape index (κ3) is 2.36. The van der Waals surface area contributed by atoms with Crippen molar-refractivity contribution in [3.8, 4) is 0 Å². The monoisotopic (exact) mass is 242 g/mol. The molecular formula is C13H13F3O. The summed E-state index contributed by atoms with van der Waals surface area (Å²) in [5.74, 6) is 0. The van der Waals surface area contributed by atoms with E-state index in [2.05, 4.69) is 0 Å². The summed E-state index contributed by atoms with van der Waals surface area (Å²) in [6.45, 7) is 1.60. The number of rotatable bonds is 1. The fourth-order valence-electron chi connectivity index (χ4n) is 2.10. The normalized spacial score (nSPS) is 24.3. The third-order valence-electron chi connectivity index (χ3n) is 2.99. The average Bonchev–Trinajstić information content (AvgIpc) is 2.64. The fraction of sp³-hybridized carbons (Fsp3) is 0.385. The SMILES string of the molecule is Cc1cc(C(F)(F)F)cc(C2(O)C=CCC2)c1. The minimum Gasteiger partial charge on any atom is -0.381 e. The van der Waals surface area contributed by atoms with Gasteiger partial charge in [-0.15, -0.1) is 0 Å². The van der Waals surface area contributed by atoms with E-state index in [9.17, 15) is 18.3 Å². The van der Waals surface area contributed by atoms with Gasteiger partial charge in [-0.25, -0.2) is 0 Å². The Bertz CT molecular complexity index is 462. The van der Waals surface area contributed by atoms with Crippen molar-refractivity contribution >= 4 is 0 Å². The van der Waals surface area contributed by atoms with Crippen molar-refractivity contribution in [2.75, 3.05) is 0 Å². The molecule has 0 spiro atoms. The van der Waals surface area contributed by atoms with Crippen molar-refractivity contribution in [2.45, 2.75) is 31.5 Å². The minimum atomic E-state index is -4.38. The zero-order valence-electron chi connectivity index (χ0n) is 9.38. The van der Waals surface area contributed by atoms with Crippen LogP contribution in [0.3, 0.4) is 0 Å². The molecule has 2 rings (SSSR count). The molecule has 1 aromatic rings. The van der Waals surface area contributed by atoms with Gasteiger partial charge in [0, 0.05) is 0 Å². The number of hydrogen-bond acceptors (Lipinski definition) is 1. The summed E-state index contributed by atoms with van der Waals surface area (Å²) >= 11 is 0. The number of halogens is 3. The Labute approximate surface area is 97.6 Å². The van der Waals surface area contributed by atoms with Crippen LogP contribution in [-0.4, -0.2) is 5.11 Å². The Morgan fingerprint density at radius 1 is 1.24 bits per heavy atom. The predicted octanol–water partition coefficient (Wildman–Crippen LogP) is 3.55. The first kappa shape index (κ1) is 12.2. The first-order valence-electron chi connectivity index (χ1n) is 5.41.